The van der Waals surface area contributed by atoms with Crippen LogP contribution in [-0.4, -0.2) is 32.8 Å². The van der Waals surface area contributed by atoms with E-state index in [1.54, 1.807) is 36.4 Å². The minimum Gasteiger partial charge on any atom is -0.491 e. The van der Waals surface area contributed by atoms with E-state index in [1.807, 2.05) is 6.92 Å². The van der Waals surface area contributed by atoms with Crippen molar-refractivity contribution in [2.45, 2.75) is 13.3 Å². The van der Waals surface area contributed by atoms with E-state index in [4.69, 9.17) is 30.5 Å². The quantitative estimate of drug-likeness (QED) is 0.716. The Morgan fingerprint density at radius 1 is 1.21 bits per heavy atom. The molecular weight excluding hydrogens is 382 g/mol. The van der Waals surface area contributed by atoms with Crippen LogP contribution in [0.1, 0.15) is 18.9 Å². The van der Waals surface area contributed by atoms with E-state index in [2.05, 4.69) is 5.32 Å². The largest absolute Gasteiger partial charge is 0.491 e. The third-order valence-electron chi connectivity index (χ3n) is 3.98. The van der Waals surface area contributed by atoms with Crippen molar-refractivity contribution in [2.75, 3.05) is 32.2 Å². The molecule has 0 atom stereocenters. The normalized spacial score (nSPS) is 13.1. The zero-order chi connectivity index (χ0) is 19.9. The van der Waals surface area contributed by atoms with Gasteiger partial charge in [-0.05, 0) is 42.8 Å². The van der Waals surface area contributed by atoms with Gasteiger partial charge in [0, 0.05) is 24.3 Å². The summed E-state index contributed by atoms with van der Waals surface area (Å²) in [7, 11) is 1.53. The Hall–Kier alpha value is -2.86. The summed E-state index contributed by atoms with van der Waals surface area (Å²) in [6, 6.07) is 8.80. The molecule has 0 aliphatic carbocycles. The van der Waals surface area contributed by atoms with Crippen molar-refractivity contribution in [3.8, 4) is 23.0 Å². The van der Waals surface area contributed by atoms with Gasteiger partial charge in [0.05, 0.1) is 32.0 Å². The highest BCUT2D eigenvalue weighted by Gasteiger charge is 2.12. The Bertz CT molecular complexity index is 881. The molecule has 7 heteroatoms. The van der Waals surface area contributed by atoms with Crippen LogP contribution in [0.25, 0.3) is 6.08 Å². The van der Waals surface area contributed by atoms with Gasteiger partial charge in [-0.15, -0.1) is 0 Å². The first-order chi connectivity index (χ1) is 13.6. The van der Waals surface area contributed by atoms with Crippen LogP contribution in [0.5, 0.6) is 23.0 Å². The maximum atomic E-state index is 12.3. The zero-order valence-corrected chi connectivity index (χ0v) is 16.5. The van der Waals surface area contributed by atoms with Gasteiger partial charge in [0.25, 0.3) is 0 Å². The van der Waals surface area contributed by atoms with Crippen molar-refractivity contribution in [1.29, 1.82) is 0 Å². The van der Waals surface area contributed by atoms with Crippen LogP contribution in [0.15, 0.2) is 36.4 Å². The van der Waals surface area contributed by atoms with E-state index in [9.17, 15) is 4.79 Å². The SMILES string of the molecule is CCOc1cc(/C=C/C(=O)Nc2ccc3c(c2)OCCCO3)cc(Cl)c1OC. The van der Waals surface area contributed by atoms with Crippen LogP contribution >= 0.6 is 11.6 Å². The number of methoxy groups -OCH3 is 1. The first-order valence-corrected chi connectivity index (χ1v) is 9.37. The predicted molar refractivity (Wildman–Crippen MR) is 109 cm³/mol. The summed E-state index contributed by atoms with van der Waals surface area (Å²) in [5, 5.41) is 3.22. The van der Waals surface area contributed by atoms with E-state index in [-0.39, 0.29) is 5.91 Å². The van der Waals surface area contributed by atoms with E-state index >= 15 is 0 Å². The number of carbonyl (C=O) groups is 1. The standard InChI is InChI=1S/C21H22ClNO5/c1-3-26-19-12-14(11-16(22)21(19)25-2)5-8-20(24)23-15-6-7-17-18(13-15)28-10-4-9-27-17/h5-8,11-13H,3-4,9-10H2,1-2H3,(H,23,24)/b8-5+. The number of nitrogens with one attached hydrogen (secondary N) is 1. The molecule has 0 saturated heterocycles. The van der Waals surface area contributed by atoms with Gasteiger partial charge in [-0.3, -0.25) is 4.79 Å². The number of benzene rings is 2. The van der Waals surface area contributed by atoms with Crippen molar-refractivity contribution >= 4 is 29.3 Å². The third kappa shape index (κ3) is 4.89. The maximum Gasteiger partial charge on any atom is 0.248 e. The van der Waals surface area contributed by atoms with Crippen LogP contribution < -0.4 is 24.3 Å². The number of hydrogen-bond donors (Lipinski definition) is 1. The number of halogens is 1. The first kappa shape index (κ1) is 19.9. The van der Waals surface area contributed by atoms with Crippen LogP contribution in [0.2, 0.25) is 5.02 Å². The van der Waals surface area contributed by atoms with E-state index < -0.39 is 0 Å². The van der Waals surface area contributed by atoms with Crippen molar-refractivity contribution < 1.29 is 23.7 Å². The highest BCUT2D eigenvalue weighted by Crippen LogP contribution is 2.36. The highest BCUT2D eigenvalue weighted by atomic mass is 35.5. The molecule has 148 valence electrons. The number of amides is 1. The van der Waals surface area contributed by atoms with Gasteiger partial charge >= 0.3 is 0 Å². The number of fused-ring (bicyclic) bond motifs is 1. The smallest absolute Gasteiger partial charge is 0.248 e. The monoisotopic (exact) mass is 403 g/mol. The first-order valence-electron chi connectivity index (χ1n) is 8.99. The molecule has 0 unspecified atom stereocenters. The van der Waals surface area contributed by atoms with Crippen molar-refractivity contribution in [2.24, 2.45) is 0 Å². The van der Waals surface area contributed by atoms with E-state index in [0.717, 1.165) is 12.0 Å². The molecule has 1 amide bonds. The molecular formula is C21H22ClNO5. The summed E-state index contributed by atoms with van der Waals surface area (Å²) >= 11 is 6.23. The molecule has 0 spiro atoms. The van der Waals surface area contributed by atoms with Gasteiger partial charge in [0.1, 0.15) is 0 Å². The lowest BCUT2D eigenvalue weighted by Crippen LogP contribution is -2.08. The van der Waals surface area contributed by atoms with Crippen LogP contribution in [0.4, 0.5) is 5.69 Å². The van der Waals surface area contributed by atoms with Crippen molar-refractivity contribution in [3.05, 3.63) is 47.0 Å². The molecule has 6 nitrogen and oxygen atoms in total. The van der Waals surface area contributed by atoms with Gasteiger partial charge in [-0.1, -0.05) is 11.6 Å². The summed E-state index contributed by atoms with van der Waals surface area (Å²) < 4.78 is 22.0. The fourth-order valence-corrected chi connectivity index (χ4v) is 3.04. The average Bonchev–Trinajstić information content (AvgIpc) is 2.91. The summed E-state index contributed by atoms with van der Waals surface area (Å²) in [4.78, 5) is 12.3. The summed E-state index contributed by atoms with van der Waals surface area (Å²) in [6.07, 6.45) is 3.91. The molecule has 0 fully saturated rings. The molecule has 1 aliphatic heterocycles. The molecule has 1 heterocycles. The van der Waals surface area contributed by atoms with Crippen LogP contribution in [-0.2, 0) is 4.79 Å². The molecule has 1 N–H and O–H groups in total. The Morgan fingerprint density at radius 2 is 2.00 bits per heavy atom. The van der Waals surface area contributed by atoms with Gasteiger partial charge in [-0.2, -0.15) is 0 Å². The number of ether oxygens (including phenoxy) is 4. The second-order valence-corrected chi connectivity index (χ2v) is 6.41. The topological polar surface area (TPSA) is 66.0 Å². The van der Waals surface area contributed by atoms with Crippen molar-refractivity contribution in [3.63, 3.8) is 0 Å². The molecule has 0 radical (unpaired) electrons. The average molecular weight is 404 g/mol. The molecule has 1 aliphatic rings. The number of carbonyl (C=O) groups excluding carboxylic acids is 1. The fourth-order valence-electron chi connectivity index (χ4n) is 2.74. The zero-order valence-electron chi connectivity index (χ0n) is 15.8. The highest BCUT2D eigenvalue weighted by molar-refractivity contribution is 6.32. The van der Waals surface area contributed by atoms with Gasteiger partial charge < -0.3 is 24.3 Å². The van der Waals surface area contributed by atoms with Crippen molar-refractivity contribution in [1.82, 2.24) is 0 Å². The number of rotatable bonds is 6. The maximum absolute atomic E-state index is 12.3. The van der Waals surface area contributed by atoms with Gasteiger partial charge in [0.15, 0.2) is 23.0 Å². The van der Waals surface area contributed by atoms with E-state index in [0.29, 0.717) is 53.5 Å². The Kier molecular flexibility index (Phi) is 6.66. The molecule has 28 heavy (non-hydrogen) atoms. The number of anilines is 1. The molecule has 0 saturated carbocycles. The third-order valence-corrected chi connectivity index (χ3v) is 4.26. The second-order valence-electron chi connectivity index (χ2n) is 6.00. The molecule has 3 rings (SSSR count). The number of hydrogen-bond acceptors (Lipinski definition) is 5. The molecule has 2 aromatic carbocycles. The lowest BCUT2D eigenvalue weighted by Gasteiger charge is -2.12. The molecule has 2 aromatic rings. The molecule has 0 aromatic heterocycles. The Balaban J connectivity index is 1.71. The summed E-state index contributed by atoms with van der Waals surface area (Å²) in [5.74, 6) is 2.03. The Labute approximate surface area is 169 Å². The lowest BCUT2D eigenvalue weighted by molar-refractivity contribution is -0.111. The minimum absolute atomic E-state index is 0.278. The van der Waals surface area contributed by atoms with Crippen LogP contribution in [0, 0.1) is 0 Å². The second kappa shape index (κ2) is 9.37. The van der Waals surface area contributed by atoms with E-state index in [1.165, 1.54) is 13.2 Å². The predicted octanol–water partition coefficient (Wildman–Crippen LogP) is 4.56. The van der Waals surface area contributed by atoms with Gasteiger partial charge in [0.2, 0.25) is 5.91 Å². The Morgan fingerprint density at radius 3 is 2.75 bits per heavy atom. The lowest BCUT2D eigenvalue weighted by atomic mass is 10.2. The molecule has 0 bridgehead atoms. The minimum atomic E-state index is -0.278. The van der Waals surface area contributed by atoms with Gasteiger partial charge in [-0.25, -0.2) is 0 Å². The fraction of sp³-hybridized carbons (Fsp3) is 0.286. The summed E-state index contributed by atoms with van der Waals surface area (Å²) in [5.41, 5.74) is 1.35. The van der Waals surface area contributed by atoms with Crippen LogP contribution in [0.3, 0.4) is 0 Å². The summed E-state index contributed by atoms with van der Waals surface area (Å²) in [6.45, 7) is 3.56.